The molecular weight excluding hydrogens is 354 g/mol. The van der Waals surface area contributed by atoms with Gasteiger partial charge in [0.15, 0.2) is 5.76 Å². The molecule has 1 aromatic rings. The van der Waals surface area contributed by atoms with Gasteiger partial charge in [0.1, 0.15) is 6.04 Å². The molecule has 8 heteroatoms. The zero-order chi connectivity index (χ0) is 18.4. The van der Waals surface area contributed by atoms with Crippen molar-refractivity contribution in [2.75, 3.05) is 45.1 Å². The third-order valence-corrected chi connectivity index (χ3v) is 6.08. The predicted molar refractivity (Wildman–Crippen MR) is 100 cm³/mol. The first-order chi connectivity index (χ1) is 12.7. The molecule has 2 atom stereocenters. The third kappa shape index (κ3) is 4.61. The Morgan fingerprint density at radius 1 is 1.35 bits per heavy atom. The molecule has 2 aliphatic heterocycles. The fourth-order valence-corrected chi connectivity index (χ4v) is 4.84. The Labute approximate surface area is 158 Å². The zero-order valence-corrected chi connectivity index (χ0v) is 16.0. The summed E-state index contributed by atoms with van der Waals surface area (Å²) in [6.07, 6.45) is 3.32. The van der Waals surface area contributed by atoms with Gasteiger partial charge in [-0.1, -0.05) is 13.3 Å². The molecule has 0 spiro atoms. The van der Waals surface area contributed by atoms with Crippen LogP contribution in [0.2, 0.25) is 0 Å². The second-order valence-corrected chi connectivity index (χ2v) is 7.74. The summed E-state index contributed by atoms with van der Waals surface area (Å²) in [5.74, 6) is 0.635. The van der Waals surface area contributed by atoms with Crippen LogP contribution in [0.15, 0.2) is 22.8 Å². The number of carbonyl (C=O) groups excluding carboxylic acids is 2. The summed E-state index contributed by atoms with van der Waals surface area (Å²) in [5, 5.41) is 3.03. The Kier molecular flexibility index (Phi) is 6.99. The topological polar surface area (TPSA) is 75.0 Å². The molecule has 1 aromatic heterocycles. The van der Waals surface area contributed by atoms with Crippen LogP contribution in [0.4, 0.5) is 0 Å². The van der Waals surface area contributed by atoms with E-state index in [1.165, 1.54) is 6.26 Å². The largest absolute Gasteiger partial charge is 0.459 e. The van der Waals surface area contributed by atoms with E-state index in [1.54, 1.807) is 28.8 Å². The lowest BCUT2D eigenvalue weighted by molar-refractivity contribution is -0.125. The quantitative estimate of drug-likeness (QED) is 0.770. The van der Waals surface area contributed by atoms with E-state index in [2.05, 4.69) is 17.1 Å². The van der Waals surface area contributed by atoms with Crippen molar-refractivity contribution in [2.24, 2.45) is 0 Å². The van der Waals surface area contributed by atoms with Crippen LogP contribution in [-0.4, -0.2) is 78.2 Å². The predicted octanol–water partition coefficient (Wildman–Crippen LogP) is 1.41. The van der Waals surface area contributed by atoms with Gasteiger partial charge in [0.05, 0.1) is 24.9 Å². The number of morpholine rings is 1. The summed E-state index contributed by atoms with van der Waals surface area (Å²) in [7, 11) is 0. The van der Waals surface area contributed by atoms with Crippen LogP contribution in [0.5, 0.6) is 0 Å². The van der Waals surface area contributed by atoms with Crippen molar-refractivity contribution in [1.82, 2.24) is 15.1 Å². The summed E-state index contributed by atoms with van der Waals surface area (Å²) >= 11 is 1.67. The van der Waals surface area contributed by atoms with Crippen molar-refractivity contribution in [3.05, 3.63) is 24.2 Å². The minimum atomic E-state index is -0.446. The van der Waals surface area contributed by atoms with Gasteiger partial charge < -0.3 is 19.4 Å². The number of carbonyl (C=O) groups is 2. The monoisotopic (exact) mass is 381 g/mol. The van der Waals surface area contributed by atoms with Crippen molar-refractivity contribution >= 4 is 23.6 Å². The molecule has 1 N–H and O–H groups in total. The first-order valence-electron chi connectivity index (χ1n) is 9.26. The van der Waals surface area contributed by atoms with E-state index >= 15 is 0 Å². The van der Waals surface area contributed by atoms with Gasteiger partial charge >= 0.3 is 0 Å². The van der Waals surface area contributed by atoms with E-state index in [0.29, 0.717) is 18.1 Å². The molecule has 0 aliphatic carbocycles. The highest BCUT2D eigenvalue weighted by atomic mass is 32.2. The van der Waals surface area contributed by atoms with E-state index in [9.17, 15) is 9.59 Å². The van der Waals surface area contributed by atoms with Crippen LogP contribution < -0.4 is 5.32 Å². The molecule has 0 aromatic carbocycles. The van der Waals surface area contributed by atoms with Gasteiger partial charge in [-0.25, -0.2) is 0 Å². The number of nitrogens with one attached hydrogen (secondary N) is 1. The van der Waals surface area contributed by atoms with Crippen molar-refractivity contribution in [1.29, 1.82) is 0 Å². The molecule has 2 saturated heterocycles. The Hall–Kier alpha value is -1.51. The maximum atomic E-state index is 12.8. The first-order valence-corrected chi connectivity index (χ1v) is 10.3. The number of hydrogen-bond donors (Lipinski definition) is 1. The van der Waals surface area contributed by atoms with E-state index < -0.39 is 6.04 Å². The molecule has 3 rings (SSSR count). The first kappa shape index (κ1) is 19.3. The standard InChI is InChI=1S/C18H27N3O4S/c1-2-4-16-21(18(23)15-5-3-10-25-15)14(13-26-16)17(22)19-6-7-20-8-11-24-12-9-20/h3,5,10,14,16H,2,4,6-9,11-13H2,1H3,(H,19,22). The van der Waals surface area contributed by atoms with Crippen LogP contribution in [0.25, 0.3) is 0 Å². The zero-order valence-electron chi connectivity index (χ0n) is 15.2. The minimum absolute atomic E-state index is 0.0209. The van der Waals surface area contributed by atoms with E-state index in [1.807, 2.05) is 0 Å². The smallest absolute Gasteiger partial charge is 0.291 e. The Balaban J connectivity index is 1.58. The van der Waals surface area contributed by atoms with Gasteiger partial charge in [0.2, 0.25) is 5.91 Å². The molecule has 2 unspecified atom stereocenters. The lowest BCUT2D eigenvalue weighted by Crippen LogP contribution is -2.51. The van der Waals surface area contributed by atoms with Crippen LogP contribution in [-0.2, 0) is 9.53 Å². The summed E-state index contributed by atoms with van der Waals surface area (Å²) in [6.45, 7) is 6.77. The Bertz CT molecular complexity index is 589. The molecule has 0 radical (unpaired) electrons. The molecule has 0 bridgehead atoms. The van der Waals surface area contributed by atoms with Crippen LogP contribution >= 0.6 is 11.8 Å². The lowest BCUT2D eigenvalue weighted by atomic mass is 10.2. The maximum Gasteiger partial charge on any atom is 0.291 e. The number of nitrogens with zero attached hydrogens (tertiary/aromatic N) is 2. The minimum Gasteiger partial charge on any atom is -0.459 e. The SMILES string of the molecule is CCCC1SCC(C(=O)NCCN2CCOCC2)N1C(=O)c1ccco1. The van der Waals surface area contributed by atoms with E-state index in [0.717, 1.165) is 45.7 Å². The molecule has 3 heterocycles. The van der Waals surface area contributed by atoms with Gasteiger partial charge in [0, 0.05) is 31.9 Å². The van der Waals surface area contributed by atoms with Crippen LogP contribution in [0.3, 0.4) is 0 Å². The number of ether oxygens (including phenoxy) is 1. The fraction of sp³-hybridized carbons (Fsp3) is 0.667. The molecule has 26 heavy (non-hydrogen) atoms. The summed E-state index contributed by atoms with van der Waals surface area (Å²) in [6, 6.07) is 2.91. The molecule has 2 fully saturated rings. The van der Waals surface area contributed by atoms with E-state index in [-0.39, 0.29) is 17.2 Å². The Morgan fingerprint density at radius 2 is 2.15 bits per heavy atom. The second kappa shape index (κ2) is 9.43. The highest BCUT2D eigenvalue weighted by Gasteiger charge is 2.42. The van der Waals surface area contributed by atoms with Gasteiger partial charge in [-0.05, 0) is 18.6 Å². The van der Waals surface area contributed by atoms with Crippen LogP contribution in [0, 0.1) is 0 Å². The lowest BCUT2D eigenvalue weighted by Gasteiger charge is -2.29. The molecule has 2 aliphatic rings. The fourth-order valence-electron chi connectivity index (χ4n) is 3.31. The highest BCUT2D eigenvalue weighted by molar-refractivity contribution is 8.00. The normalized spacial score (nSPS) is 24.0. The average molecular weight is 381 g/mol. The summed E-state index contributed by atoms with van der Waals surface area (Å²) in [4.78, 5) is 29.6. The number of rotatable bonds is 7. The molecule has 2 amide bonds. The maximum absolute atomic E-state index is 12.8. The van der Waals surface area contributed by atoms with Crippen LogP contribution in [0.1, 0.15) is 30.3 Å². The Morgan fingerprint density at radius 3 is 2.85 bits per heavy atom. The van der Waals surface area contributed by atoms with Gasteiger partial charge in [0.25, 0.3) is 5.91 Å². The highest BCUT2D eigenvalue weighted by Crippen LogP contribution is 2.33. The third-order valence-electron chi connectivity index (χ3n) is 4.73. The number of amides is 2. The number of thioether (sulfide) groups is 1. The molecule has 0 saturated carbocycles. The summed E-state index contributed by atoms with van der Waals surface area (Å²) in [5.41, 5.74) is 0. The van der Waals surface area contributed by atoms with E-state index in [4.69, 9.17) is 9.15 Å². The molecule has 7 nitrogen and oxygen atoms in total. The van der Waals surface area contributed by atoms with Gasteiger partial charge in [-0.3, -0.25) is 14.5 Å². The summed E-state index contributed by atoms with van der Waals surface area (Å²) < 4.78 is 10.6. The molecule has 144 valence electrons. The van der Waals surface area contributed by atoms with Gasteiger partial charge in [-0.2, -0.15) is 0 Å². The van der Waals surface area contributed by atoms with Crippen molar-refractivity contribution in [3.8, 4) is 0 Å². The van der Waals surface area contributed by atoms with Crippen molar-refractivity contribution in [3.63, 3.8) is 0 Å². The van der Waals surface area contributed by atoms with Crippen molar-refractivity contribution in [2.45, 2.75) is 31.2 Å². The second-order valence-electron chi connectivity index (χ2n) is 6.53. The number of hydrogen-bond acceptors (Lipinski definition) is 6. The average Bonchev–Trinajstić information content (AvgIpc) is 3.32. The van der Waals surface area contributed by atoms with Gasteiger partial charge in [-0.15, -0.1) is 11.8 Å². The number of furan rings is 1. The molecular formula is C18H27N3O4S. The van der Waals surface area contributed by atoms with Crippen molar-refractivity contribution < 1.29 is 18.7 Å².